The van der Waals surface area contributed by atoms with Gasteiger partial charge in [0.25, 0.3) is 0 Å². The molecule has 0 aliphatic heterocycles. The maximum absolute atomic E-state index is 12.6. The molecule has 5 aromatic heterocycles. The molecule has 0 aliphatic carbocycles. The fraction of sp³-hybridized carbons (Fsp3) is 0. The van der Waals surface area contributed by atoms with Gasteiger partial charge in [0.15, 0.2) is 0 Å². The lowest BCUT2D eigenvalue weighted by atomic mass is 9.88. The molecule has 0 N–H and O–H groups in total. The van der Waals surface area contributed by atoms with Crippen molar-refractivity contribution in [2.45, 2.75) is 0 Å². The number of hydrogen-bond donors (Lipinski definition) is 0. The van der Waals surface area contributed by atoms with Crippen molar-refractivity contribution in [2.24, 2.45) is 0 Å². The van der Waals surface area contributed by atoms with Gasteiger partial charge < -0.3 is 13.6 Å². The number of nitrogens with zero attached hydrogens (tertiary/aromatic N) is 4. The average Bonchev–Trinajstić information content (AvgIpc) is 1.60. The first-order valence-corrected chi connectivity index (χ1v) is 30.7. The van der Waals surface area contributed by atoms with Crippen LogP contribution >= 0.6 is 22.7 Å². The fourth-order valence-electron chi connectivity index (χ4n) is 14.2. The molecular formula is C80H44N4OS2. The van der Waals surface area contributed by atoms with Gasteiger partial charge in [0.05, 0.1) is 55.0 Å². The summed E-state index contributed by atoms with van der Waals surface area (Å²) >= 11 is 3.63. The second-order valence-corrected chi connectivity index (χ2v) is 24.3. The summed E-state index contributed by atoms with van der Waals surface area (Å²) in [6, 6.07) is 97.3. The van der Waals surface area contributed by atoms with E-state index in [0.717, 1.165) is 125 Å². The van der Waals surface area contributed by atoms with Gasteiger partial charge in [-0.15, -0.1) is 22.7 Å². The Morgan fingerprint density at radius 1 is 0.345 bits per heavy atom. The van der Waals surface area contributed by atoms with Crippen molar-refractivity contribution in [3.63, 3.8) is 0 Å². The second kappa shape index (κ2) is 19.1. The normalized spacial score (nSPS) is 11.9. The van der Waals surface area contributed by atoms with Crippen molar-refractivity contribution in [3.05, 3.63) is 284 Å². The van der Waals surface area contributed by atoms with Crippen LogP contribution in [-0.2, 0) is 0 Å². The number of thiophene rings is 2. The van der Waals surface area contributed by atoms with E-state index in [4.69, 9.17) is 9.26 Å². The van der Waals surface area contributed by atoms with Gasteiger partial charge in [-0.25, -0.2) is 4.85 Å². The molecule has 18 aromatic rings. The molecule has 0 spiro atoms. The van der Waals surface area contributed by atoms with Gasteiger partial charge in [-0.2, -0.15) is 5.26 Å². The Balaban J connectivity index is 1.08. The summed E-state index contributed by atoms with van der Waals surface area (Å²) < 4.78 is 16.0. The first kappa shape index (κ1) is 49.1. The lowest BCUT2D eigenvalue weighted by Gasteiger charge is -2.26. The highest BCUT2D eigenvalue weighted by Crippen LogP contribution is 2.56. The number of furan rings is 1. The lowest BCUT2D eigenvalue weighted by molar-refractivity contribution is 0.669. The van der Waals surface area contributed by atoms with Gasteiger partial charge in [-0.05, 0) is 68.8 Å². The zero-order chi connectivity index (χ0) is 57.4. The minimum Gasteiger partial charge on any atom is -0.456 e. The van der Waals surface area contributed by atoms with Crippen LogP contribution in [0.2, 0.25) is 0 Å². The van der Waals surface area contributed by atoms with E-state index in [9.17, 15) is 11.8 Å². The Bertz CT molecular complexity index is 5840. The van der Waals surface area contributed by atoms with Gasteiger partial charge in [-0.3, -0.25) is 0 Å². The van der Waals surface area contributed by atoms with Crippen LogP contribution in [0.5, 0.6) is 0 Å². The fourth-order valence-corrected chi connectivity index (χ4v) is 17.0. The molecule has 0 aliphatic rings. The molecule has 0 bridgehead atoms. The van der Waals surface area contributed by atoms with Gasteiger partial charge in [-0.1, -0.05) is 243 Å². The molecule has 0 saturated heterocycles. The molecule has 87 heavy (non-hydrogen) atoms. The van der Waals surface area contributed by atoms with E-state index in [1.807, 2.05) is 59.1 Å². The third-order valence-electron chi connectivity index (χ3n) is 17.8. The monoisotopic (exact) mass is 1140 g/mol. The minimum absolute atomic E-state index is 0.385. The molecule has 0 fully saturated rings. The van der Waals surface area contributed by atoms with Crippen molar-refractivity contribution in [2.75, 3.05) is 0 Å². The number of benzene rings is 13. The van der Waals surface area contributed by atoms with E-state index in [2.05, 4.69) is 246 Å². The Morgan fingerprint density at radius 2 is 0.782 bits per heavy atom. The van der Waals surface area contributed by atoms with Crippen LogP contribution in [0.3, 0.4) is 0 Å². The molecule has 0 unspecified atom stereocenters. The summed E-state index contributed by atoms with van der Waals surface area (Å²) in [5, 5.41) is 23.5. The maximum atomic E-state index is 12.6. The van der Waals surface area contributed by atoms with Crippen molar-refractivity contribution in [1.82, 2.24) is 9.13 Å². The van der Waals surface area contributed by atoms with E-state index < -0.39 is 0 Å². The predicted molar refractivity (Wildman–Crippen MR) is 366 cm³/mol. The van der Waals surface area contributed by atoms with Crippen LogP contribution in [0.4, 0.5) is 5.69 Å². The number of hydrogen-bond acceptors (Lipinski definition) is 4. The molecular weight excluding hydrogens is 1100 g/mol. The van der Waals surface area contributed by atoms with Gasteiger partial charge in [0.1, 0.15) is 17.2 Å². The molecule has 7 heteroatoms. The van der Waals surface area contributed by atoms with E-state index >= 15 is 0 Å². The predicted octanol–water partition coefficient (Wildman–Crippen LogP) is 23.3. The number of rotatable bonds is 7. The molecule has 402 valence electrons. The van der Waals surface area contributed by atoms with E-state index in [0.29, 0.717) is 28.2 Å². The zero-order valence-electron chi connectivity index (χ0n) is 46.4. The zero-order valence-corrected chi connectivity index (χ0v) is 48.1. The van der Waals surface area contributed by atoms with Crippen molar-refractivity contribution < 1.29 is 4.42 Å². The summed E-state index contributed by atoms with van der Waals surface area (Å²) in [5.74, 6) is 0. The van der Waals surface area contributed by atoms with Gasteiger partial charge in [0.2, 0.25) is 5.69 Å². The van der Waals surface area contributed by atoms with Crippen LogP contribution in [-0.4, -0.2) is 9.13 Å². The Labute approximate surface area is 506 Å². The van der Waals surface area contributed by atoms with Gasteiger partial charge in [0, 0.05) is 74.4 Å². The lowest BCUT2D eigenvalue weighted by Crippen LogP contribution is -2.09. The number of fused-ring (bicyclic) bond motifs is 17. The molecule has 0 radical (unpaired) electrons. The van der Waals surface area contributed by atoms with Crippen LogP contribution < -0.4 is 0 Å². The Morgan fingerprint density at radius 3 is 1.37 bits per heavy atom. The van der Waals surface area contributed by atoms with Crippen LogP contribution in [0.25, 0.3) is 178 Å². The Kier molecular flexibility index (Phi) is 10.8. The SMILES string of the molecule is [C-]#[N+]c1c(-c2ccccc2)c(C#N)c(-n2c3c(ccc4c5cccc(-c6ccccc6)c5sc43)c3ccc4c5cccc(-c6ccccc6)c5sc4c32)c(-c2ccccc2)c1-n1c2ccccc2c2c(-c3cccc4oc5ccccc5c34)cccc21. The number of para-hydroxylation sites is 2. The maximum Gasteiger partial charge on any atom is 0.220 e. The third-order valence-corrected chi connectivity index (χ3v) is 20.3. The first-order chi connectivity index (χ1) is 43.1. The second-order valence-electron chi connectivity index (χ2n) is 22.3. The summed E-state index contributed by atoms with van der Waals surface area (Å²) in [6.07, 6.45) is 0. The molecule has 5 heterocycles. The standard InChI is InChI=1S/C80H44N4OS2/c1-82-72-68(49-26-10-4-11-27-49)63(46-81)73(69(50-28-12-5-13-29-50)76(72)83-64-38-16-14-30-61(64)70-53(34-20-39-65(70)83)54-35-21-41-67-71(54)62-31-15-17-40-66(62)85-67)84-74-55(42-44-59-57-36-18-32-51(77(57)86-79(59)74)47-22-6-2-7-23-47)56-43-45-60-58-37-19-33-52(48-24-8-3-9-25-48)78(58)87-80(60)75(56)84/h2-45H. The quantitative estimate of drug-likeness (QED) is 0.149. The van der Waals surface area contributed by atoms with Gasteiger partial charge >= 0.3 is 0 Å². The molecule has 5 nitrogen and oxygen atoms in total. The molecule has 0 saturated carbocycles. The molecule has 18 rings (SSSR count). The van der Waals surface area contributed by atoms with Crippen LogP contribution in [0, 0.1) is 17.9 Å². The average molecular weight is 1140 g/mol. The number of nitriles is 1. The summed E-state index contributed by atoms with van der Waals surface area (Å²) in [4.78, 5) is 4.70. The molecule has 13 aromatic carbocycles. The van der Waals surface area contributed by atoms with Crippen molar-refractivity contribution >= 4 is 134 Å². The van der Waals surface area contributed by atoms with Crippen LogP contribution in [0.1, 0.15) is 5.56 Å². The van der Waals surface area contributed by atoms with E-state index in [-0.39, 0.29) is 0 Å². The van der Waals surface area contributed by atoms with E-state index in [1.54, 1.807) is 0 Å². The molecule has 0 atom stereocenters. The topological polar surface area (TPSA) is 51.1 Å². The minimum atomic E-state index is 0.385. The highest BCUT2D eigenvalue weighted by Gasteiger charge is 2.34. The van der Waals surface area contributed by atoms with E-state index in [1.165, 1.54) is 31.3 Å². The molecule has 0 amide bonds. The summed E-state index contributed by atoms with van der Waals surface area (Å²) in [7, 11) is 0. The summed E-state index contributed by atoms with van der Waals surface area (Å²) in [5.41, 5.74) is 17.5. The van der Waals surface area contributed by atoms with Crippen LogP contribution in [0.15, 0.2) is 271 Å². The van der Waals surface area contributed by atoms with Crippen molar-refractivity contribution in [1.29, 1.82) is 5.26 Å². The number of aromatic nitrogens is 2. The smallest absolute Gasteiger partial charge is 0.220 e. The Hall–Kier alpha value is -11.3. The van der Waals surface area contributed by atoms with Crippen molar-refractivity contribution in [3.8, 4) is 73.1 Å². The third kappa shape index (κ3) is 7.04. The highest BCUT2D eigenvalue weighted by atomic mass is 32.1. The largest absolute Gasteiger partial charge is 0.456 e. The highest BCUT2D eigenvalue weighted by molar-refractivity contribution is 7.28. The first-order valence-electron chi connectivity index (χ1n) is 29.1. The summed E-state index contributed by atoms with van der Waals surface area (Å²) in [6.45, 7) is 9.67.